The molecule has 1 unspecified atom stereocenters. The molecule has 0 radical (unpaired) electrons. The number of benzene rings is 2. The molecule has 0 spiro atoms. The van der Waals surface area contributed by atoms with Crippen LogP contribution in [0.5, 0.6) is 0 Å². The zero-order chi connectivity index (χ0) is 15.2. The van der Waals surface area contributed by atoms with E-state index >= 15 is 4.39 Å². The lowest BCUT2D eigenvalue weighted by molar-refractivity contribution is -0.137. The van der Waals surface area contributed by atoms with Crippen LogP contribution < -0.4 is 4.90 Å². The van der Waals surface area contributed by atoms with E-state index in [9.17, 15) is 9.90 Å². The summed E-state index contributed by atoms with van der Waals surface area (Å²) in [5.74, 6) is -0.738. The summed E-state index contributed by atoms with van der Waals surface area (Å²) in [4.78, 5) is 13.6. The molecule has 2 aromatic rings. The molecule has 0 saturated heterocycles. The average molecular weight is 285 g/mol. The summed E-state index contributed by atoms with van der Waals surface area (Å²) in [5.41, 5.74) is -0.430. The number of carbonyl (C=O) groups excluding carboxylic acids is 1. The smallest absolute Gasteiger partial charge is 0.272 e. The Morgan fingerprint density at radius 2 is 1.90 bits per heavy atom. The number of likely N-dealkylation sites (N-methyl/N-ethyl adjacent to an activating group) is 1. The highest BCUT2D eigenvalue weighted by Gasteiger charge is 2.56. The molecule has 1 aliphatic heterocycles. The van der Waals surface area contributed by atoms with Gasteiger partial charge in [-0.3, -0.25) is 4.79 Å². The van der Waals surface area contributed by atoms with Gasteiger partial charge < -0.3 is 10.0 Å². The molecule has 0 fully saturated rings. The Balaban J connectivity index is 2.14. The number of rotatable bonds is 2. The predicted octanol–water partition coefficient (Wildman–Crippen LogP) is 2.87. The monoisotopic (exact) mass is 285 g/mol. The van der Waals surface area contributed by atoms with Crippen LogP contribution in [0.15, 0.2) is 48.5 Å². The van der Waals surface area contributed by atoms with Crippen LogP contribution in [0.4, 0.5) is 10.1 Å². The second-order valence-electron chi connectivity index (χ2n) is 5.41. The number of halogens is 1. The van der Waals surface area contributed by atoms with Crippen molar-refractivity contribution >= 4 is 11.6 Å². The first-order valence-electron chi connectivity index (χ1n) is 6.77. The quantitative estimate of drug-likeness (QED) is 0.921. The molecule has 0 aliphatic carbocycles. The fraction of sp³-hybridized carbons (Fsp3) is 0.235. The number of fused-ring (bicyclic) bond motifs is 1. The molecule has 4 heteroatoms. The van der Waals surface area contributed by atoms with E-state index in [0.717, 1.165) is 5.56 Å². The van der Waals surface area contributed by atoms with E-state index in [-0.39, 0.29) is 5.56 Å². The van der Waals surface area contributed by atoms with Gasteiger partial charge in [0.1, 0.15) is 6.10 Å². The van der Waals surface area contributed by atoms with E-state index in [1.165, 1.54) is 11.9 Å². The fourth-order valence-electron chi connectivity index (χ4n) is 2.88. The highest BCUT2D eigenvalue weighted by molar-refractivity contribution is 6.07. The average Bonchev–Trinajstić information content (AvgIpc) is 2.70. The van der Waals surface area contributed by atoms with E-state index in [0.29, 0.717) is 11.3 Å². The van der Waals surface area contributed by atoms with E-state index in [4.69, 9.17) is 0 Å². The summed E-state index contributed by atoms with van der Waals surface area (Å²) in [6, 6.07) is 13.6. The van der Waals surface area contributed by atoms with E-state index in [1.54, 1.807) is 42.5 Å². The Kier molecular flexibility index (Phi) is 3.06. The lowest BCUT2D eigenvalue weighted by Gasteiger charge is -2.25. The third kappa shape index (κ3) is 1.87. The van der Waals surface area contributed by atoms with Gasteiger partial charge in [-0.2, -0.15) is 0 Å². The van der Waals surface area contributed by atoms with Crippen LogP contribution in [-0.4, -0.2) is 18.1 Å². The lowest BCUT2D eigenvalue weighted by Crippen LogP contribution is -2.40. The molecule has 3 rings (SSSR count). The minimum atomic E-state index is -2.45. The van der Waals surface area contributed by atoms with Crippen LogP contribution >= 0.6 is 0 Å². The van der Waals surface area contributed by atoms with Crippen molar-refractivity contribution < 1.29 is 14.3 Å². The lowest BCUT2D eigenvalue weighted by atomic mass is 9.87. The van der Waals surface area contributed by atoms with Gasteiger partial charge in [-0.1, -0.05) is 48.0 Å². The molecule has 0 aromatic heterocycles. The van der Waals surface area contributed by atoms with Crippen molar-refractivity contribution in [1.82, 2.24) is 0 Å². The van der Waals surface area contributed by atoms with Gasteiger partial charge in [-0.15, -0.1) is 0 Å². The second kappa shape index (κ2) is 4.67. The van der Waals surface area contributed by atoms with Gasteiger partial charge in [0.05, 0.1) is 5.69 Å². The van der Waals surface area contributed by atoms with Crippen LogP contribution in [0.2, 0.25) is 0 Å². The van der Waals surface area contributed by atoms with E-state index in [1.807, 2.05) is 13.0 Å². The maximum Gasteiger partial charge on any atom is 0.272 e. The van der Waals surface area contributed by atoms with Crippen molar-refractivity contribution in [2.24, 2.45) is 0 Å². The molecule has 108 valence electrons. The van der Waals surface area contributed by atoms with Crippen LogP contribution in [-0.2, 0) is 10.5 Å². The van der Waals surface area contributed by atoms with Crippen molar-refractivity contribution in [3.8, 4) is 0 Å². The van der Waals surface area contributed by atoms with Crippen molar-refractivity contribution in [3.63, 3.8) is 0 Å². The zero-order valence-corrected chi connectivity index (χ0v) is 11.9. The number of anilines is 1. The number of hydrogen-bond donors (Lipinski definition) is 1. The summed E-state index contributed by atoms with van der Waals surface area (Å²) in [5, 5.41) is 10.5. The second-order valence-corrected chi connectivity index (χ2v) is 5.41. The number of aliphatic hydroxyl groups excluding tert-OH is 1. The molecule has 2 aromatic carbocycles. The molecule has 1 aliphatic rings. The normalized spacial score (nSPS) is 22.3. The van der Waals surface area contributed by atoms with Crippen LogP contribution in [0.1, 0.15) is 22.8 Å². The summed E-state index contributed by atoms with van der Waals surface area (Å²) >= 11 is 0. The molecular formula is C17H16FNO2. The first kappa shape index (κ1) is 13.8. The summed E-state index contributed by atoms with van der Waals surface area (Å²) < 4.78 is 15.5. The Hall–Kier alpha value is -2.20. The SMILES string of the molecule is Cc1cccc(C(O)[C@@]2(F)C(=O)N(C)c3ccccc32)c1. The third-order valence-corrected chi connectivity index (χ3v) is 4.01. The minimum Gasteiger partial charge on any atom is -0.384 e. The Bertz CT molecular complexity index is 715. The molecule has 1 amide bonds. The summed E-state index contributed by atoms with van der Waals surface area (Å²) in [6.45, 7) is 1.86. The van der Waals surface area contributed by atoms with Gasteiger partial charge in [0, 0.05) is 12.6 Å². The van der Waals surface area contributed by atoms with Crippen molar-refractivity contribution in [2.45, 2.75) is 18.7 Å². The molecule has 2 atom stereocenters. The Morgan fingerprint density at radius 3 is 2.62 bits per heavy atom. The molecular weight excluding hydrogens is 269 g/mol. The molecule has 0 bridgehead atoms. The molecule has 21 heavy (non-hydrogen) atoms. The minimum absolute atomic E-state index is 0.214. The topological polar surface area (TPSA) is 40.5 Å². The third-order valence-electron chi connectivity index (χ3n) is 4.01. The number of aliphatic hydroxyl groups is 1. The van der Waals surface area contributed by atoms with Gasteiger partial charge in [0.15, 0.2) is 0 Å². The van der Waals surface area contributed by atoms with Gasteiger partial charge in [0.25, 0.3) is 5.91 Å². The largest absolute Gasteiger partial charge is 0.384 e. The van der Waals surface area contributed by atoms with Crippen LogP contribution in [0, 0.1) is 6.92 Å². The number of alkyl halides is 1. The number of aryl methyl sites for hydroxylation is 1. The molecule has 3 nitrogen and oxygen atoms in total. The van der Waals surface area contributed by atoms with E-state index < -0.39 is 17.7 Å². The molecule has 0 saturated carbocycles. The van der Waals surface area contributed by atoms with Gasteiger partial charge in [-0.05, 0) is 18.6 Å². The summed E-state index contributed by atoms with van der Waals surface area (Å²) in [6.07, 6.45) is -1.53. The predicted molar refractivity (Wildman–Crippen MR) is 78.8 cm³/mol. The number of para-hydroxylation sites is 1. The number of carbonyl (C=O) groups is 1. The Labute approximate surface area is 122 Å². The summed E-state index contributed by atoms with van der Waals surface area (Å²) in [7, 11) is 1.52. The Morgan fingerprint density at radius 1 is 1.19 bits per heavy atom. The van der Waals surface area contributed by atoms with Gasteiger partial charge >= 0.3 is 0 Å². The first-order valence-corrected chi connectivity index (χ1v) is 6.77. The van der Waals surface area contributed by atoms with Gasteiger partial charge in [0.2, 0.25) is 5.67 Å². The number of nitrogens with zero attached hydrogens (tertiary/aromatic N) is 1. The zero-order valence-electron chi connectivity index (χ0n) is 11.9. The van der Waals surface area contributed by atoms with Crippen LogP contribution in [0.3, 0.4) is 0 Å². The van der Waals surface area contributed by atoms with E-state index in [2.05, 4.69) is 0 Å². The standard InChI is InChI=1S/C17H16FNO2/c1-11-6-5-7-12(10-11)15(20)17(18)13-8-3-4-9-14(13)19(2)16(17)21/h3-10,15,20H,1-2H3/t15?,17-/m1/s1. The highest BCUT2D eigenvalue weighted by Crippen LogP contribution is 2.49. The van der Waals surface area contributed by atoms with Crippen molar-refractivity contribution in [1.29, 1.82) is 0 Å². The maximum atomic E-state index is 15.5. The van der Waals surface area contributed by atoms with Crippen molar-refractivity contribution in [3.05, 3.63) is 65.2 Å². The molecule has 1 heterocycles. The fourth-order valence-corrected chi connectivity index (χ4v) is 2.88. The first-order chi connectivity index (χ1) is 9.96. The number of hydrogen-bond acceptors (Lipinski definition) is 2. The number of amides is 1. The van der Waals surface area contributed by atoms with Crippen LogP contribution in [0.25, 0.3) is 0 Å². The highest BCUT2D eigenvalue weighted by atomic mass is 19.1. The maximum absolute atomic E-state index is 15.5. The van der Waals surface area contributed by atoms with Crippen molar-refractivity contribution in [2.75, 3.05) is 11.9 Å². The van der Waals surface area contributed by atoms with Gasteiger partial charge in [-0.25, -0.2) is 4.39 Å². The molecule has 1 N–H and O–H groups in total.